The molecule has 20 N–H and O–H groups in total. The van der Waals surface area contributed by atoms with Gasteiger partial charge in [-0.25, -0.2) is 9.36 Å². The molecule has 664 valence electrons. The van der Waals surface area contributed by atoms with E-state index in [4.69, 9.17) is 89.1 Å². The molecule has 46 heteroatoms. The van der Waals surface area contributed by atoms with Crippen LogP contribution in [0.25, 0.3) is 0 Å². The van der Waals surface area contributed by atoms with Crippen LogP contribution in [0.3, 0.4) is 0 Å². The Bertz CT molecular complexity index is 3050. The number of aromatic nitrogens is 6. The van der Waals surface area contributed by atoms with E-state index in [-0.39, 0.29) is 6.61 Å². The third kappa shape index (κ3) is 23.5. The normalized spacial score (nSPS) is 41.2. The fourth-order valence-corrected chi connectivity index (χ4v) is 17.9. The van der Waals surface area contributed by atoms with Crippen LogP contribution in [0.15, 0.2) is 12.4 Å². The molecule has 35 atom stereocenters. The van der Waals surface area contributed by atoms with E-state index in [0.29, 0.717) is 51.5 Å². The van der Waals surface area contributed by atoms with E-state index < -0.39 is 270 Å². The Balaban J connectivity index is 0.763. The second-order valence-electron chi connectivity index (χ2n) is 29.6. The largest absolute Gasteiger partial charge is 0.500 e. The third-order valence-corrected chi connectivity index (χ3v) is 24.6. The van der Waals surface area contributed by atoms with Crippen LogP contribution in [-0.2, 0) is 115 Å². The van der Waals surface area contributed by atoms with Gasteiger partial charge in [0.05, 0.1) is 70.9 Å². The molecule has 21 fully saturated rings. The van der Waals surface area contributed by atoms with Gasteiger partial charge in [-0.05, 0) is 46.5 Å². The van der Waals surface area contributed by atoms with Crippen LogP contribution in [0.1, 0.15) is 103 Å². The van der Waals surface area contributed by atoms with Crippen molar-refractivity contribution in [2.75, 3.05) is 72.7 Å². The average Bonchev–Trinajstić information content (AvgIpc) is 0.981. The standard InChI is InChI=1S/C69H120N6O39Si/c1-4-98-115(99-5-2,100-6-3)21-17-18-33-22-75(73-70-33)32-97-20-16-14-12-10-8-7-9-11-13-15-19-96-31-34-23-74(72-71-34)24-35-56-42(82)49(89)63(101-35)109-57-36(25-76)103-65(51(91)44(57)84)111-59-38(27-78)105-67(53(93)46(59)86)113-61-40(29-80)107-69(55(95)48(61)88)114-62-41(30-81)106-68(54(94)47(62)87)112-60-39(28-79)104-66(52(92)45(60)85)110-58-37(26-77)102-64(108-56)50(90)43(58)83/h22-23,35-69,76-95H,4-21,24-32H2,1-3H3/t35-,36-,37-,38-,39-,40-,41-,42-,43-,44-,45-,46-,47-,48-,49-,50?,51-,52-,53-,54-,55-,56-,57-,58-,59-,60-,61-,62-,63-,64-,65-,66-,67-,68-,69-/m1/s1. The number of aryl methyl sites for hydroxylation is 1. The van der Waals surface area contributed by atoms with Crippen molar-refractivity contribution in [1.82, 2.24) is 30.0 Å². The van der Waals surface area contributed by atoms with Crippen molar-refractivity contribution in [1.29, 1.82) is 0 Å². The molecule has 21 aliphatic heterocycles. The monoisotopic (exact) mass is 1680 g/mol. The quantitative estimate of drug-likeness (QED) is 0.0225. The molecule has 21 aliphatic rings. The van der Waals surface area contributed by atoms with Gasteiger partial charge >= 0.3 is 8.80 Å². The first-order valence-corrected chi connectivity index (χ1v) is 41.5. The molecule has 115 heavy (non-hydrogen) atoms. The van der Waals surface area contributed by atoms with Crippen LogP contribution in [0.2, 0.25) is 6.04 Å². The number of nitrogens with zero attached hydrogens (tertiary/aromatic N) is 6. The minimum atomic E-state index is -2.72. The van der Waals surface area contributed by atoms with E-state index >= 15 is 0 Å². The highest BCUT2D eigenvalue weighted by atomic mass is 28.4. The van der Waals surface area contributed by atoms with Gasteiger partial charge in [-0.1, -0.05) is 61.8 Å². The number of aliphatic hydroxyl groups is 20. The van der Waals surface area contributed by atoms with E-state index in [2.05, 4.69) is 20.6 Å². The van der Waals surface area contributed by atoms with E-state index in [0.717, 1.165) is 82.7 Å². The van der Waals surface area contributed by atoms with Crippen molar-refractivity contribution in [3.8, 4) is 0 Å². The maximum Gasteiger partial charge on any atom is 0.500 e. The summed E-state index contributed by atoms with van der Waals surface area (Å²) >= 11 is 0. The van der Waals surface area contributed by atoms with Gasteiger partial charge in [0.2, 0.25) is 0 Å². The predicted octanol–water partition coefficient (Wildman–Crippen LogP) is -9.27. The molecule has 2 aromatic rings. The Morgan fingerprint density at radius 1 is 0.313 bits per heavy atom. The summed E-state index contributed by atoms with van der Waals surface area (Å²) in [7, 11) is -2.72. The lowest BCUT2D eigenvalue weighted by atomic mass is 9.95. The number of hydrogen-bond donors (Lipinski definition) is 20. The summed E-state index contributed by atoms with van der Waals surface area (Å²) in [5.74, 6) is 0. The number of rotatable bonds is 35. The molecule has 21 saturated heterocycles. The Labute approximate surface area is 663 Å². The molecule has 23 heterocycles. The summed E-state index contributed by atoms with van der Waals surface area (Å²) in [6.07, 6.45) is -55.7. The number of unbranched alkanes of at least 4 members (excludes halogenated alkanes) is 9. The molecule has 0 aromatic carbocycles. The van der Waals surface area contributed by atoms with Gasteiger partial charge in [0.25, 0.3) is 0 Å². The first-order valence-electron chi connectivity index (χ1n) is 39.6. The van der Waals surface area contributed by atoms with E-state index in [1.165, 1.54) is 10.9 Å². The Hall–Kier alpha value is -3.06. The van der Waals surface area contributed by atoms with Crippen LogP contribution < -0.4 is 0 Å². The summed E-state index contributed by atoms with van der Waals surface area (Å²) < 4.78 is 115. The van der Waals surface area contributed by atoms with Crippen LogP contribution in [-0.4, -0.2) is 429 Å². The third-order valence-electron chi connectivity index (χ3n) is 21.5. The summed E-state index contributed by atoms with van der Waals surface area (Å²) in [5, 5.41) is 243. The fourth-order valence-electron chi connectivity index (χ4n) is 15.3. The Kier molecular flexibility index (Phi) is 37.1. The lowest BCUT2D eigenvalue weighted by molar-refractivity contribution is -0.396. The molecule has 0 saturated carbocycles. The van der Waals surface area contributed by atoms with Gasteiger partial charge in [0, 0.05) is 39.1 Å². The number of hydrogen-bond acceptors (Lipinski definition) is 43. The number of ether oxygens (including phenoxy) is 16. The zero-order valence-electron chi connectivity index (χ0n) is 64.3. The molecule has 2 aromatic heterocycles. The van der Waals surface area contributed by atoms with Crippen molar-refractivity contribution in [3.05, 3.63) is 23.8 Å². The minimum Gasteiger partial charge on any atom is -0.394 e. The van der Waals surface area contributed by atoms with Crippen LogP contribution in [0, 0.1) is 0 Å². The summed E-state index contributed by atoms with van der Waals surface area (Å²) in [4.78, 5) is 0. The summed E-state index contributed by atoms with van der Waals surface area (Å²) in [6.45, 7) is 1.96. The maximum absolute atomic E-state index is 12.1. The molecule has 1 unspecified atom stereocenters. The Morgan fingerprint density at radius 2 is 0.574 bits per heavy atom. The molecular weight excluding hydrogens is 1560 g/mol. The van der Waals surface area contributed by atoms with Gasteiger partial charge in [-0.2, -0.15) is 0 Å². The highest BCUT2D eigenvalue weighted by Gasteiger charge is 2.60. The summed E-state index contributed by atoms with van der Waals surface area (Å²) in [5.41, 5.74) is 1.20. The van der Waals surface area contributed by atoms with Gasteiger partial charge in [-0.15, -0.1) is 10.2 Å². The SMILES string of the molecule is CCO[Si](CCCc1cn(COCCCCCCCCCCCCOCc2cn(C[C@H]3O[C@@H]4O[C@H]5[C@H](O)[C@@H](O)[C@@H](O[C@H]6[C@H](O)[C@@H](O)[C@@H](O[C@H]7[C@H](O)[C@@H](O)[C@@H](O[C@H]8[C@H](O)[C@@H](O)[C@@H](O[C@H]9[C@H](O)[C@@H](O)[C@@H](O[C@H]%10[C@H](O)C(O)[C@@H](O[C@H]3[C@H](O)[C@H]4O)O[C@@H]%10CO)O[C@@H]9CO)O[C@@H]8CO)O[C@@H]7CO)O[C@@H]6CO)O[C@@H]5CO)nn2)nn1)(OCC)OCC. The predicted molar refractivity (Wildman–Crippen MR) is 377 cm³/mol. The second kappa shape index (κ2) is 45.4. The van der Waals surface area contributed by atoms with Crippen molar-refractivity contribution in [2.45, 2.75) is 339 Å². The number of aliphatic hydroxyl groups excluding tert-OH is 20. The Morgan fingerprint density at radius 3 is 0.878 bits per heavy atom. The van der Waals surface area contributed by atoms with Crippen molar-refractivity contribution in [3.63, 3.8) is 0 Å². The van der Waals surface area contributed by atoms with Crippen LogP contribution in [0.5, 0.6) is 0 Å². The minimum absolute atomic E-state index is 0.000549. The molecule has 23 rings (SSSR count). The van der Waals surface area contributed by atoms with Gasteiger partial charge < -0.3 is 191 Å². The summed E-state index contributed by atoms with van der Waals surface area (Å²) in [6, 6.07) is 0.701. The molecule has 0 radical (unpaired) electrons. The lowest BCUT2D eigenvalue weighted by Gasteiger charge is -2.50. The van der Waals surface area contributed by atoms with Crippen molar-refractivity contribution < 1.29 is 191 Å². The zero-order valence-corrected chi connectivity index (χ0v) is 65.3. The fraction of sp³-hybridized carbons (Fsp3) is 0.942. The first-order chi connectivity index (χ1) is 55.4. The highest BCUT2D eigenvalue weighted by Crippen LogP contribution is 2.40. The smallest absolute Gasteiger partial charge is 0.394 e. The first kappa shape index (κ1) is 94.2. The lowest BCUT2D eigenvalue weighted by Crippen LogP contribution is -2.68. The molecule has 45 nitrogen and oxygen atoms in total. The topological polar surface area (TPSA) is 641 Å². The van der Waals surface area contributed by atoms with E-state index in [1.54, 1.807) is 4.68 Å². The van der Waals surface area contributed by atoms with Crippen molar-refractivity contribution in [2.24, 2.45) is 0 Å². The highest BCUT2D eigenvalue weighted by molar-refractivity contribution is 6.60. The molecule has 0 spiro atoms. The average molecular weight is 1690 g/mol. The van der Waals surface area contributed by atoms with E-state index in [1.807, 2.05) is 27.0 Å². The van der Waals surface area contributed by atoms with E-state index in [9.17, 15) is 102 Å². The molecule has 0 amide bonds. The van der Waals surface area contributed by atoms with Gasteiger partial charge in [0.15, 0.2) is 44.0 Å². The molecular formula is C69H120N6O39Si. The van der Waals surface area contributed by atoms with Crippen molar-refractivity contribution >= 4 is 8.80 Å². The molecule has 14 bridgehead atoms. The van der Waals surface area contributed by atoms with Gasteiger partial charge in [-0.3, -0.25) is 0 Å². The maximum atomic E-state index is 12.1. The van der Waals surface area contributed by atoms with Crippen LogP contribution >= 0.6 is 0 Å². The van der Waals surface area contributed by atoms with Crippen LogP contribution in [0.4, 0.5) is 0 Å². The van der Waals surface area contributed by atoms with Gasteiger partial charge in [0.1, 0.15) is 183 Å². The molecule has 0 aliphatic carbocycles. The zero-order chi connectivity index (χ0) is 82.8. The second-order valence-corrected chi connectivity index (χ2v) is 32.3.